The van der Waals surface area contributed by atoms with Gasteiger partial charge in [-0.3, -0.25) is 0 Å². The van der Waals surface area contributed by atoms with Crippen LogP contribution in [0.2, 0.25) is 0 Å². The predicted octanol–water partition coefficient (Wildman–Crippen LogP) is 5.28. The summed E-state index contributed by atoms with van der Waals surface area (Å²) in [6, 6.07) is 17.8. The standard InChI is InChI=1S/C21H18N2O2S/c1-3-25-20-12-15(9-10-19(20)24-2)11-17(13-22)21-23-18(14-26-21)16-7-5-4-6-8-16/h4-12,14H,3H2,1-2H3/b17-11-. The summed E-state index contributed by atoms with van der Waals surface area (Å²) in [4.78, 5) is 4.61. The Labute approximate surface area is 157 Å². The Morgan fingerprint density at radius 1 is 1.19 bits per heavy atom. The predicted molar refractivity (Wildman–Crippen MR) is 105 cm³/mol. The first-order valence-corrected chi connectivity index (χ1v) is 9.07. The van der Waals surface area contributed by atoms with Gasteiger partial charge in [-0.1, -0.05) is 36.4 Å². The third-order valence-electron chi connectivity index (χ3n) is 3.72. The fourth-order valence-electron chi connectivity index (χ4n) is 2.50. The van der Waals surface area contributed by atoms with Gasteiger partial charge < -0.3 is 9.47 Å². The number of hydrogen-bond acceptors (Lipinski definition) is 5. The van der Waals surface area contributed by atoms with Crippen LogP contribution in [0.4, 0.5) is 0 Å². The number of rotatable bonds is 6. The molecule has 0 spiro atoms. The Bertz CT molecular complexity index is 956. The molecular formula is C21H18N2O2S. The second kappa shape index (κ2) is 8.32. The first-order chi connectivity index (χ1) is 12.7. The van der Waals surface area contributed by atoms with Crippen molar-refractivity contribution in [3.05, 3.63) is 64.5 Å². The van der Waals surface area contributed by atoms with Crippen LogP contribution in [0.3, 0.4) is 0 Å². The van der Waals surface area contributed by atoms with Crippen molar-refractivity contribution in [2.45, 2.75) is 6.92 Å². The van der Waals surface area contributed by atoms with Gasteiger partial charge >= 0.3 is 0 Å². The molecule has 1 heterocycles. The van der Waals surface area contributed by atoms with E-state index < -0.39 is 0 Å². The number of hydrogen-bond donors (Lipinski definition) is 0. The molecule has 5 heteroatoms. The molecule has 0 aliphatic rings. The minimum atomic E-state index is 0.518. The largest absolute Gasteiger partial charge is 0.493 e. The van der Waals surface area contributed by atoms with Gasteiger partial charge in [-0.2, -0.15) is 5.26 Å². The number of benzene rings is 2. The summed E-state index contributed by atoms with van der Waals surface area (Å²) >= 11 is 1.46. The summed E-state index contributed by atoms with van der Waals surface area (Å²) in [6.45, 7) is 2.46. The van der Waals surface area contributed by atoms with Gasteiger partial charge in [0.25, 0.3) is 0 Å². The van der Waals surface area contributed by atoms with Crippen LogP contribution < -0.4 is 9.47 Å². The maximum absolute atomic E-state index is 9.59. The lowest BCUT2D eigenvalue weighted by Gasteiger charge is -2.09. The zero-order valence-electron chi connectivity index (χ0n) is 14.6. The molecule has 26 heavy (non-hydrogen) atoms. The van der Waals surface area contributed by atoms with E-state index in [1.54, 1.807) is 7.11 Å². The molecule has 3 aromatic rings. The molecule has 130 valence electrons. The highest BCUT2D eigenvalue weighted by Crippen LogP contribution is 2.31. The molecule has 0 bridgehead atoms. The average Bonchev–Trinajstić information content (AvgIpc) is 3.17. The number of aromatic nitrogens is 1. The van der Waals surface area contributed by atoms with Crippen LogP contribution in [0.25, 0.3) is 22.9 Å². The molecule has 0 fully saturated rings. The minimum Gasteiger partial charge on any atom is -0.493 e. The molecule has 2 aromatic carbocycles. The topological polar surface area (TPSA) is 55.1 Å². The summed E-state index contributed by atoms with van der Waals surface area (Å²) in [6.07, 6.45) is 1.82. The van der Waals surface area contributed by atoms with E-state index >= 15 is 0 Å². The smallest absolute Gasteiger partial charge is 0.161 e. The lowest BCUT2D eigenvalue weighted by atomic mass is 10.1. The van der Waals surface area contributed by atoms with Crippen molar-refractivity contribution in [2.75, 3.05) is 13.7 Å². The molecule has 1 aromatic heterocycles. The van der Waals surface area contributed by atoms with Crippen molar-refractivity contribution in [3.63, 3.8) is 0 Å². The van der Waals surface area contributed by atoms with Crippen molar-refractivity contribution in [3.8, 4) is 28.8 Å². The molecular weight excluding hydrogens is 344 g/mol. The van der Waals surface area contributed by atoms with E-state index in [9.17, 15) is 5.26 Å². The molecule has 4 nitrogen and oxygen atoms in total. The third-order valence-corrected chi connectivity index (χ3v) is 4.60. The van der Waals surface area contributed by atoms with Gasteiger partial charge in [-0.15, -0.1) is 11.3 Å². The van der Waals surface area contributed by atoms with Gasteiger partial charge in [0, 0.05) is 10.9 Å². The molecule has 0 aliphatic heterocycles. The van der Waals surface area contributed by atoms with Crippen molar-refractivity contribution in [1.82, 2.24) is 4.98 Å². The van der Waals surface area contributed by atoms with Gasteiger partial charge in [-0.25, -0.2) is 4.98 Å². The fraction of sp³-hybridized carbons (Fsp3) is 0.143. The van der Waals surface area contributed by atoms with Crippen LogP contribution in [0, 0.1) is 11.3 Å². The first kappa shape index (κ1) is 17.7. The highest BCUT2D eigenvalue weighted by Gasteiger charge is 2.10. The first-order valence-electron chi connectivity index (χ1n) is 8.19. The monoisotopic (exact) mass is 362 g/mol. The quantitative estimate of drug-likeness (QED) is 0.560. The summed E-state index contributed by atoms with van der Waals surface area (Å²) < 4.78 is 10.9. The molecule has 0 unspecified atom stereocenters. The van der Waals surface area contributed by atoms with Crippen molar-refractivity contribution < 1.29 is 9.47 Å². The maximum Gasteiger partial charge on any atom is 0.161 e. The number of methoxy groups -OCH3 is 1. The van der Waals surface area contributed by atoms with Crippen LogP contribution in [-0.2, 0) is 0 Å². The number of nitriles is 1. The molecule has 0 amide bonds. The third kappa shape index (κ3) is 3.93. The second-order valence-corrected chi connectivity index (χ2v) is 6.28. The fourth-order valence-corrected chi connectivity index (χ4v) is 3.29. The summed E-state index contributed by atoms with van der Waals surface area (Å²) in [5.74, 6) is 1.33. The van der Waals surface area contributed by atoms with Gasteiger partial charge in [0.1, 0.15) is 11.1 Å². The lowest BCUT2D eigenvalue weighted by Crippen LogP contribution is -1.95. The number of nitrogens with zero attached hydrogens (tertiary/aromatic N) is 2. The Morgan fingerprint density at radius 3 is 2.69 bits per heavy atom. The van der Waals surface area contributed by atoms with Crippen LogP contribution >= 0.6 is 11.3 Å². The molecule has 3 rings (SSSR count). The zero-order chi connectivity index (χ0) is 18.4. The Balaban J connectivity index is 1.93. The van der Waals surface area contributed by atoms with Crippen molar-refractivity contribution in [1.29, 1.82) is 5.26 Å². The van der Waals surface area contributed by atoms with E-state index in [1.807, 2.05) is 66.9 Å². The number of ether oxygens (including phenoxy) is 2. The molecule has 0 aliphatic carbocycles. The van der Waals surface area contributed by atoms with E-state index in [2.05, 4.69) is 11.1 Å². The average molecular weight is 362 g/mol. The van der Waals surface area contributed by atoms with Crippen LogP contribution in [-0.4, -0.2) is 18.7 Å². The highest BCUT2D eigenvalue weighted by atomic mass is 32.1. The van der Waals surface area contributed by atoms with Crippen LogP contribution in [0.1, 0.15) is 17.5 Å². The second-order valence-electron chi connectivity index (χ2n) is 5.42. The van der Waals surface area contributed by atoms with E-state index in [1.165, 1.54) is 11.3 Å². The van der Waals surface area contributed by atoms with E-state index in [-0.39, 0.29) is 0 Å². The SMILES string of the molecule is CCOc1cc(/C=C(/C#N)c2nc(-c3ccccc3)cs2)ccc1OC. The normalized spacial score (nSPS) is 11.0. The van der Waals surface area contributed by atoms with Crippen molar-refractivity contribution >= 4 is 23.0 Å². The Kier molecular flexibility index (Phi) is 5.67. The minimum absolute atomic E-state index is 0.518. The molecule has 0 saturated carbocycles. The van der Waals surface area contributed by atoms with Gasteiger partial charge in [0.15, 0.2) is 11.5 Å². The Hall–Kier alpha value is -3.10. The summed E-state index contributed by atoms with van der Waals surface area (Å²) in [7, 11) is 1.61. The molecule has 0 saturated heterocycles. The molecule has 0 radical (unpaired) electrons. The number of thiazole rings is 1. The zero-order valence-corrected chi connectivity index (χ0v) is 15.4. The molecule has 0 N–H and O–H groups in total. The summed E-state index contributed by atoms with van der Waals surface area (Å²) in [5.41, 5.74) is 3.29. The van der Waals surface area contributed by atoms with Crippen molar-refractivity contribution in [2.24, 2.45) is 0 Å². The maximum atomic E-state index is 9.59. The summed E-state index contributed by atoms with van der Waals surface area (Å²) in [5, 5.41) is 12.2. The Morgan fingerprint density at radius 2 is 2.00 bits per heavy atom. The van der Waals surface area contributed by atoms with E-state index in [0.717, 1.165) is 16.8 Å². The van der Waals surface area contributed by atoms with Crippen LogP contribution in [0.5, 0.6) is 11.5 Å². The lowest BCUT2D eigenvalue weighted by molar-refractivity contribution is 0.311. The molecule has 0 atom stereocenters. The highest BCUT2D eigenvalue weighted by molar-refractivity contribution is 7.11. The van der Waals surface area contributed by atoms with Gasteiger partial charge in [0.2, 0.25) is 0 Å². The van der Waals surface area contributed by atoms with Gasteiger partial charge in [0.05, 0.1) is 25.0 Å². The van der Waals surface area contributed by atoms with Crippen LogP contribution in [0.15, 0.2) is 53.9 Å². The van der Waals surface area contributed by atoms with E-state index in [4.69, 9.17) is 9.47 Å². The van der Waals surface area contributed by atoms with E-state index in [0.29, 0.717) is 28.7 Å². The number of allylic oxidation sites excluding steroid dienone is 1. The van der Waals surface area contributed by atoms with Gasteiger partial charge in [-0.05, 0) is 30.7 Å².